The third kappa shape index (κ3) is 3.27. The largest absolute Gasteiger partial charge is 0.318 e. The third-order valence-electron chi connectivity index (χ3n) is 3.76. The third-order valence-corrected chi connectivity index (χ3v) is 5.13. The Hall–Kier alpha value is -1.00. The van der Waals surface area contributed by atoms with Crippen molar-refractivity contribution >= 4 is 23.4 Å². The number of thioether (sulfide) groups is 1. The van der Waals surface area contributed by atoms with Crippen LogP contribution < -0.4 is 10.6 Å². The summed E-state index contributed by atoms with van der Waals surface area (Å²) in [4.78, 5) is 1.32. The Labute approximate surface area is 135 Å². The summed E-state index contributed by atoms with van der Waals surface area (Å²) < 4.78 is 0. The first-order chi connectivity index (χ1) is 10.3. The smallest absolute Gasteiger partial charge is 0.0591 e. The van der Waals surface area contributed by atoms with Gasteiger partial charge in [0, 0.05) is 28.8 Å². The van der Waals surface area contributed by atoms with Gasteiger partial charge in [0.15, 0.2) is 0 Å². The molecule has 2 aromatic rings. The van der Waals surface area contributed by atoms with Crippen LogP contribution in [0.1, 0.15) is 22.7 Å². The van der Waals surface area contributed by atoms with Crippen molar-refractivity contribution in [1.29, 1.82) is 0 Å². The summed E-state index contributed by atoms with van der Waals surface area (Å²) in [6, 6.07) is 15.1. The highest BCUT2D eigenvalue weighted by molar-refractivity contribution is 7.98. The Bertz CT molecular complexity index is 630. The first-order valence-corrected chi connectivity index (χ1v) is 8.54. The number of likely N-dealkylation sites (N-methyl/N-ethyl adjacent to an activating group) is 1. The van der Waals surface area contributed by atoms with Gasteiger partial charge in [0.25, 0.3) is 0 Å². The van der Waals surface area contributed by atoms with Crippen LogP contribution in [0.2, 0.25) is 5.02 Å². The number of benzene rings is 2. The number of rotatable bonds is 4. The SMILES string of the molecule is CNCCN[C@H]1c2ccccc2CSc2ccc(Cl)cc21. The van der Waals surface area contributed by atoms with Gasteiger partial charge in [0.05, 0.1) is 6.04 Å². The fourth-order valence-corrected chi connectivity index (χ4v) is 3.97. The Morgan fingerprint density at radius 2 is 2.00 bits per heavy atom. The van der Waals surface area contributed by atoms with Crippen molar-refractivity contribution in [3.05, 3.63) is 64.2 Å². The molecule has 1 aliphatic rings. The van der Waals surface area contributed by atoms with Gasteiger partial charge >= 0.3 is 0 Å². The van der Waals surface area contributed by atoms with Crippen LogP contribution in [0.5, 0.6) is 0 Å². The minimum atomic E-state index is 0.207. The molecule has 0 amide bonds. The molecule has 110 valence electrons. The molecule has 2 nitrogen and oxygen atoms in total. The van der Waals surface area contributed by atoms with Gasteiger partial charge in [-0.25, -0.2) is 0 Å². The molecular formula is C17H19ClN2S. The topological polar surface area (TPSA) is 24.1 Å². The zero-order chi connectivity index (χ0) is 14.7. The maximum atomic E-state index is 6.23. The first-order valence-electron chi connectivity index (χ1n) is 7.17. The molecule has 1 atom stereocenters. The second-order valence-electron chi connectivity index (χ2n) is 5.16. The van der Waals surface area contributed by atoms with Crippen LogP contribution in [0.25, 0.3) is 0 Å². The predicted octanol–water partition coefficient (Wildman–Crippen LogP) is 3.84. The van der Waals surface area contributed by atoms with Crippen molar-refractivity contribution < 1.29 is 0 Å². The summed E-state index contributed by atoms with van der Waals surface area (Å²) in [6.07, 6.45) is 0. The van der Waals surface area contributed by atoms with E-state index in [1.54, 1.807) is 0 Å². The molecule has 3 rings (SSSR count). The molecule has 1 aliphatic heterocycles. The van der Waals surface area contributed by atoms with Crippen LogP contribution in [0.4, 0.5) is 0 Å². The molecule has 21 heavy (non-hydrogen) atoms. The van der Waals surface area contributed by atoms with Crippen molar-refractivity contribution in [2.24, 2.45) is 0 Å². The highest BCUT2D eigenvalue weighted by Crippen LogP contribution is 2.40. The van der Waals surface area contributed by atoms with Crippen molar-refractivity contribution in [2.45, 2.75) is 16.7 Å². The summed E-state index contributed by atoms with van der Waals surface area (Å²) in [5.74, 6) is 1.01. The molecule has 0 radical (unpaired) electrons. The van der Waals surface area contributed by atoms with Crippen LogP contribution in [0.15, 0.2) is 47.4 Å². The molecule has 0 unspecified atom stereocenters. The van der Waals surface area contributed by atoms with E-state index in [-0.39, 0.29) is 6.04 Å². The van der Waals surface area contributed by atoms with Gasteiger partial charge in [0.1, 0.15) is 0 Å². The van der Waals surface area contributed by atoms with E-state index < -0.39 is 0 Å². The standard InChI is InChI=1S/C17H19ClN2S/c1-19-8-9-20-17-14-5-3-2-4-12(14)11-21-16-7-6-13(18)10-15(16)17/h2-7,10,17,19-20H,8-9,11H2,1H3/t17-/m0/s1. The maximum Gasteiger partial charge on any atom is 0.0591 e. The van der Waals surface area contributed by atoms with Gasteiger partial charge in [-0.1, -0.05) is 35.9 Å². The summed E-state index contributed by atoms with van der Waals surface area (Å²) >= 11 is 8.12. The summed E-state index contributed by atoms with van der Waals surface area (Å²) in [6.45, 7) is 1.87. The van der Waals surface area contributed by atoms with Crippen LogP contribution >= 0.6 is 23.4 Å². The van der Waals surface area contributed by atoms with Crippen LogP contribution in [0.3, 0.4) is 0 Å². The van der Waals surface area contributed by atoms with Crippen molar-refractivity contribution in [3.63, 3.8) is 0 Å². The summed E-state index contributed by atoms with van der Waals surface area (Å²) in [7, 11) is 1.98. The molecule has 0 spiro atoms. The lowest BCUT2D eigenvalue weighted by atomic mass is 9.95. The average Bonchev–Trinajstić information content (AvgIpc) is 2.65. The van der Waals surface area contributed by atoms with Crippen LogP contribution in [-0.2, 0) is 5.75 Å². The maximum absolute atomic E-state index is 6.23. The molecule has 0 aliphatic carbocycles. The number of hydrogen-bond donors (Lipinski definition) is 2. The van der Waals surface area contributed by atoms with E-state index in [9.17, 15) is 0 Å². The Morgan fingerprint density at radius 1 is 1.14 bits per heavy atom. The zero-order valence-electron chi connectivity index (χ0n) is 12.0. The fourth-order valence-electron chi connectivity index (χ4n) is 2.71. The average molecular weight is 319 g/mol. The second kappa shape index (κ2) is 6.84. The van der Waals surface area contributed by atoms with Crippen molar-refractivity contribution in [1.82, 2.24) is 10.6 Å². The number of halogens is 1. The molecule has 0 saturated heterocycles. The minimum absolute atomic E-state index is 0.207. The second-order valence-corrected chi connectivity index (χ2v) is 6.61. The highest BCUT2D eigenvalue weighted by Gasteiger charge is 2.23. The lowest BCUT2D eigenvalue weighted by molar-refractivity contribution is 0.580. The van der Waals surface area contributed by atoms with Gasteiger partial charge in [-0.3, -0.25) is 0 Å². The number of hydrogen-bond acceptors (Lipinski definition) is 3. The normalized spacial score (nSPS) is 17.0. The predicted molar refractivity (Wildman–Crippen MR) is 91.2 cm³/mol. The summed E-state index contributed by atoms with van der Waals surface area (Å²) in [5, 5.41) is 7.66. The van der Waals surface area contributed by atoms with E-state index in [1.165, 1.54) is 21.6 Å². The molecule has 2 aromatic carbocycles. The van der Waals surface area contributed by atoms with Crippen LogP contribution in [0, 0.1) is 0 Å². The Kier molecular flexibility index (Phi) is 4.86. The van der Waals surface area contributed by atoms with Gasteiger partial charge in [-0.15, -0.1) is 11.8 Å². The Morgan fingerprint density at radius 3 is 2.86 bits per heavy atom. The van der Waals surface area contributed by atoms with Gasteiger partial charge in [-0.2, -0.15) is 0 Å². The summed E-state index contributed by atoms with van der Waals surface area (Å²) in [5.41, 5.74) is 4.05. The van der Waals surface area contributed by atoms with Crippen molar-refractivity contribution in [2.75, 3.05) is 20.1 Å². The monoisotopic (exact) mass is 318 g/mol. The van der Waals surface area contributed by atoms with E-state index in [0.717, 1.165) is 23.9 Å². The fraction of sp³-hybridized carbons (Fsp3) is 0.294. The van der Waals surface area contributed by atoms with Gasteiger partial charge in [-0.05, 0) is 41.9 Å². The lowest BCUT2D eigenvalue weighted by Crippen LogP contribution is -2.29. The van der Waals surface area contributed by atoms with Gasteiger partial charge < -0.3 is 10.6 Å². The Balaban J connectivity index is 2.03. The minimum Gasteiger partial charge on any atom is -0.318 e. The number of nitrogens with one attached hydrogen (secondary N) is 2. The first kappa shape index (κ1) is 14.9. The van der Waals surface area contributed by atoms with Crippen molar-refractivity contribution in [3.8, 4) is 0 Å². The highest BCUT2D eigenvalue weighted by atomic mass is 35.5. The molecule has 0 bridgehead atoms. The van der Waals surface area contributed by atoms with E-state index in [4.69, 9.17) is 11.6 Å². The molecule has 4 heteroatoms. The lowest BCUT2D eigenvalue weighted by Gasteiger charge is -2.21. The van der Waals surface area contributed by atoms with Gasteiger partial charge in [0.2, 0.25) is 0 Å². The molecule has 1 heterocycles. The molecule has 0 aromatic heterocycles. The molecule has 0 fully saturated rings. The molecular weight excluding hydrogens is 300 g/mol. The molecule has 0 saturated carbocycles. The van der Waals surface area contributed by atoms with E-state index in [0.29, 0.717) is 0 Å². The van der Waals surface area contributed by atoms with Crippen LogP contribution in [-0.4, -0.2) is 20.1 Å². The van der Waals surface area contributed by atoms with E-state index >= 15 is 0 Å². The number of fused-ring (bicyclic) bond motifs is 2. The zero-order valence-corrected chi connectivity index (χ0v) is 13.6. The van der Waals surface area contributed by atoms with E-state index in [2.05, 4.69) is 47.0 Å². The molecule has 2 N–H and O–H groups in total. The van der Waals surface area contributed by atoms with E-state index in [1.807, 2.05) is 24.9 Å². The quantitative estimate of drug-likeness (QED) is 0.837.